The average Bonchev–Trinajstić information content (AvgIpc) is 2.22. The summed E-state index contributed by atoms with van der Waals surface area (Å²) < 4.78 is 49.2. The van der Waals surface area contributed by atoms with Crippen molar-refractivity contribution in [2.24, 2.45) is 0 Å². The zero-order valence-corrected chi connectivity index (χ0v) is 9.87. The molecule has 0 saturated heterocycles. The number of hydrogen-bond acceptors (Lipinski definition) is 1. The molecule has 0 aliphatic carbocycles. The molecule has 0 saturated carbocycles. The number of benzene rings is 1. The fourth-order valence-corrected chi connectivity index (χ4v) is 1.70. The molecule has 0 bridgehead atoms. The molecule has 1 aromatic rings. The van der Waals surface area contributed by atoms with Gasteiger partial charge in [0, 0.05) is 12.5 Å². The van der Waals surface area contributed by atoms with Gasteiger partial charge in [0.1, 0.15) is 5.82 Å². The minimum absolute atomic E-state index is 0.0882. The molecule has 1 nitrogen and oxygen atoms in total. The SMILES string of the molecule is CNC(CCC(F)(F)F)c1ccc(F)c(Cl)c1. The standard InChI is InChI=1S/C11H12ClF4N/c1-17-10(4-5-11(14,15)16)7-2-3-9(13)8(12)6-7/h2-3,6,10,17H,4-5H2,1H3. The second-order valence-electron chi connectivity index (χ2n) is 3.67. The van der Waals surface area contributed by atoms with Gasteiger partial charge < -0.3 is 5.32 Å². The zero-order valence-electron chi connectivity index (χ0n) is 9.11. The molecule has 1 atom stereocenters. The molecule has 17 heavy (non-hydrogen) atoms. The van der Waals surface area contributed by atoms with E-state index in [1.807, 2.05) is 0 Å². The highest BCUT2D eigenvalue weighted by Gasteiger charge is 2.28. The van der Waals surface area contributed by atoms with E-state index in [1.54, 1.807) is 7.05 Å². The molecule has 0 aliphatic heterocycles. The Morgan fingerprint density at radius 1 is 1.35 bits per heavy atom. The summed E-state index contributed by atoms with van der Waals surface area (Å²) in [5, 5.41) is 2.67. The van der Waals surface area contributed by atoms with E-state index < -0.39 is 24.5 Å². The van der Waals surface area contributed by atoms with E-state index in [2.05, 4.69) is 5.32 Å². The van der Waals surface area contributed by atoms with Crippen LogP contribution >= 0.6 is 11.6 Å². The van der Waals surface area contributed by atoms with Crippen molar-refractivity contribution in [3.8, 4) is 0 Å². The molecule has 1 unspecified atom stereocenters. The summed E-state index contributed by atoms with van der Waals surface area (Å²) in [7, 11) is 1.55. The summed E-state index contributed by atoms with van der Waals surface area (Å²) in [5.41, 5.74) is 0.545. The quantitative estimate of drug-likeness (QED) is 0.812. The smallest absolute Gasteiger partial charge is 0.313 e. The number of alkyl halides is 3. The lowest BCUT2D eigenvalue weighted by atomic mass is 10.0. The van der Waals surface area contributed by atoms with E-state index in [0.29, 0.717) is 5.56 Å². The van der Waals surface area contributed by atoms with Crippen molar-refractivity contribution in [3.05, 3.63) is 34.6 Å². The normalized spacial score (nSPS) is 13.8. The molecule has 0 aliphatic rings. The van der Waals surface area contributed by atoms with E-state index in [4.69, 9.17) is 11.6 Å². The van der Waals surface area contributed by atoms with Crippen LogP contribution in [0.5, 0.6) is 0 Å². The Hall–Kier alpha value is -0.810. The van der Waals surface area contributed by atoms with E-state index in [9.17, 15) is 17.6 Å². The maximum atomic E-state index is 12.9. The first kappa shape index (κ1) is 14.3. The van der Waals surface area contributed by atoms with Gasteiger partial charge in [0.15, 0.2) is 0 Å². The molecule has 0 aromatic heterocycles. The van der Waals surface area contributed by atoms with Gasteiger partial charge >= 0.3 is 6.18 Å². The van der Waals surface area contributed by atoms with Gasteiger partial charge in [-0.15, -0.1) is 0 Å². The molecular formula is C11H12ClF4N. The summed E-state index contributed by atoms with van der Waals surface area (Å²) in [6.07, 6.45) is -5.20. The van der Waals surface area contributed by atoms with Gasteiger partial charge in [-0.1, -0.05) is 17.7 Å². The topological polar surface area (TPSA) is 12.0 Å². The third-order valence-corrected chi connectivity index (χ3v) is 2.70. The lowest BCUT2D eigenvalue weighted by Crippen LogP contribution is -2.19. The Kier molecular flexibility index (Phi) is 4.77. The van der Waals surface area contributed by atoms with Crippen molar-refractivity contribution in [1.82, 2.24) is 5.32 Å². The second kappa shape index (κ2) is 5.69. The average molecular weight is 270 g/mol. The molecule has 0 fully saturated rings. The van der Waals surface area contributed by atoms with Crippen LogP contribution in [0.4, 0.5) is 17.6 Å². The predicted molar refractivity (Wildman–Crippen MR) is 58.5 cm³/mol. The molecule has 0 heterocycles. The van der Waals surface area contributed by atoms with Crippen molar-refractivity contribution in [3.63, 3.8) is 0 Å². The van der Waals surface area contributed by atoms with Crippen molar-refractivity contribution in [2.75, 3.05) is 7.05 Å². The zero-order chi connectivity index (χ0) is 13.1. The summed E-state index contributed by atoms with van der Waals surface area (Å²) in [4.78, 5) is 0. The van der Waals surface area contributed by atoms with Gasteiger partial charge in [-0.3, -0.25) is 0 Å². The van der Waals surface area contributed by atoms with E-state index in [0.717, 1.165) is 6.07 Å². The predicted octanol–water partition coefficient (Wildman–Crippen LogP) is 4.08. The van der Waals surface area contributed by atoms with Crippen LogP contribution in [0.15, 0.2) is 18.2 Å². The summed E-state index contributed by atoms with van der Waals surface area (Å²) >= 11 is 5.58. The monoisotopic (exact) mass is 269 g/mol. The Labute approximate surface area is 102 Å². The van der Waals surface area contributed by atoms with Crippen molar-refractivity contribution in [2.45, 2.75) is 25.1 Å². The largest absolute Gasteiger partial charge is 0.389 e. The first-order valence-electron chi connectivity index (χ1n) is 5.02. The fourth-order valence-electron chi connectivity index (χ4n) is 1.51. The minimum Gasteiger partial charge on any atom is -0.313 e. The van der Waals surface area contributed by atoms with Crippen LogP contribution in [-0.2, 0) is 0 Å². The van der Waals surface area contributed by atoms with Crippen LogP contribution in [0.1, 0.15) is 24.4 Å². The molecule has 0 spiro atoms. The summed E-state index contributed by atoms with van der Waals surface area (Å²) in [6, 6.07) is 3.43. The van der Waals surface area contributed by atoms with Crippen molar-refractivity contribution < 1.29 is 17.6 Å². The third kappa shape index (κ3) is 4.52. The van der Waals surface area contributed by atoms with Gasteiger partial charge in [-0.2, -0.15) is 13.2 Å². The second-order valence-corrected chi connectivity index (χ2v) is 4.08. The fraction of sp³-hybridized carbons (Fsp3) is 0.455. The number of rotatable bonds is 4. The summed E-state index contributed by atoms with van der Waals surface area (Å²) in [6.45, 7) is 0. The molecular weight excluding hydrogens is 258 g/mol. The van der Waals surface area contributed by atoms with Crippen LogP contribution in [0, 0.1) is 5.82 Å². The first-order chi connectivity index (χ1) is 7.83. The summed E-state index contributed by atoms with van der Waals surface area (Å²) in [5.74, 6) is -0.582. The lowest BCUT2D eigenvalue weighted by molar-refractivity contribution is -0.136. The lowest BCUT2D eigenvalue weighted by Gasteiger charge is -2.18. The molecule has 1 N–H and O–H groups in total. The molecule has 0 amide bonds. The van der Waals surface area contributed by atoms with Crippen molar-refractivity contribution >= 4 is 11.6 Å². The van der Waals surface area contributed by atoms with Gasteiger partial charge in [-0.05, 0) is 31.2 Å². The molecule has 96 valence electrons. The van der Waals surface area contributed by atoms with Gasteiger partial charge in [-0.25, -0.2) is 4.39 Å². The van der Waals surface area contributed by atoms with E-state index in [1.165, 1.54) is 12.1 Å². The number of nitrogens with one attached hydrogen (secondary N) is 1. The maximum absolute atomic E-state index is 12.9. The number of hydrogen-bond donors (Lipinski definition) is 1. The molecule has 6 heteroatoms. The van der Waals surface area contributed by atoms with Crippen LogP contribution in [0.3, 0.4) is 0 Å². The van der Waals surface area contributed by atoms with Crippen LogP contribution in [-0.4, -0.2) is 13.2 Å². The highest BCUT2D eigenvalue weighted by atomic mass is 35.5. The Bertz CT molecular complexity index is 378. The first-order valence-corrected chi connectivity index (χ1v) is 5.40. The Balaban J connectivity index is 2.76. The van der Waals surface area contributed by atoms with Crippen LogP contribution in [0.2, 0.25) is 5.02 Å². The van der Waals surface area contributed by atoms with Gasteiger partial charge in [0.2, 0.25) is 0 Å². The van der Waals surface area contributed by atoms with Crippen LogP contribution < -0.4 is 5.32 Å². The number of halogens is 5. The molecule has 1 rings (SSSR count). The minimum atomic E-state index is -4.20. The van der Waals surface area contributed by atoms with Gasteiger partial charge in [0.05, 0.1) is 5.02 Å². The van der Waals surface area contributed by atoms with Gasteiger partial charge in [0.25, 0.3) is 0 Å². The van der Waals surface area contributed by atoms with Crippen LogP contribution in [0.25, 0.3) is 0 Å². The van der Waals surface area contributed by atoms with E-state index >= 15 is 0 Å². The molecule has 0 radical (unpaired) electrons. The Morgan fingerprint density at radius 3 is 2.47 bits per heavy atom. The molecule has 1 aromatic carbocycles. The van der Waals surface area contributed by atoms with Crippen molar-refractivity contribution in [1.29, 1.82) is 0 Å². The highest BCUT2D eigenvalue weighted by Crippen LogP contribution is 2.29. The van der Waals surface area contributed by atoms with E-state index in [-0.39, 0.29) is 11.4 Å². The Morgan fingerprint density at radius 2 is 2.00 bits per heavy atom. The highest BCUT2D eigenvalue weighted by molar-refractivity contribution is 6.30. The third-order valence-electron chi connectivity index (χ3n) is 2.41. The maximum Gasteiger partial charge on any atom is 0.389 e.